The van der Waals surface area contributed by atoms with Gasteiger partial charge in [0.2, 0.25) is 0 Å². The maximum Gasteiger partial charge on any atom is 0.253 e. The van der Waals surface area contributed by atoms with Crippen LogP contribution >= 0.6 is 0 Å². The molecule has 1 aromatic carbocycles. The van der Waals surface area contributed by atoms with Crippen LogP contribution in [0.1, 0.15) is 62.4 Å². The van der Waals surface area contributed by atoms with Crippen LogP contribution < -0.4 is 10.6 Å². The first kappa shape index (κ1) is 25.2. The third kappa shape index (κ3) is 7.84. The molecule has 31 heavy (non-hydrogen) atoms. The Balaban J connectivity index is 1.97. The molecule has 1 amide bonds. The number of carbonyl (C=O) groups excluding carboxylic acids is 1. The van der Waals surface area contributed by atoms with Crippen molar-refractivity contribution in [1.29, 1.82) is 0 Å². The number of amides is 1. The van der Waals surface area contributed by atoms with Crippen molar-refractivity contribution in [2.75, 3.05) is 46.8 Å². The molecule has 0 saturated carbocycles. The summed E-state index contributed by atoms with van der Waals surface area (Å²) in [6.07, 6.45) is 5.89. The number of aliphatic imine (C=N–C) groups is 1. The number of benzene rings is 1. The van der Waals surface area contributed by atoms with Crippen LogP contribution in [0.3, 0.4) is 0 Å². The molecule has 0 aliphatic carbocycles. The summed E-state index contributed by atoms with van der Waals surface area (Å²) in [5.74, 6) is 1.62. The molecule has 1 aliphatic rings. The van der Waals surface area contributed by atoms with Crippen LogP contribution in [0.25, 0.3) is 0 Å². The maximum atomic E-state index is 12.2. The van der Waals surface area contributed by atoms with E-state index >= 15 is 0 Å². The van der Waals surface area contributed by atoms with Gasteiger partial charge in [-0.3, -0.25) is 14.7 Å². The second kappa shape index (κ2) is 13.4. The summed E-state index contributed by atoms with van der Waals surface area (Å²) in [6, 6.07) is 8.43. The number of carbonyl (C=O) groups is 1. The van der Waals surface area contributed by atoms with Gasteiger partial charge in [-0.25, -0.2) is 0 Å². The van der Waals surface area contributed by atoms with Crippen molar-refractivity contribution >= 4 is 11.9 Å². The van der Waals surface area contributed by atoms with Crippen LogP contribution in [0.5, 0.6) is 0 Å². The molecular formula is C25H43N5O. The van der Waals surface area contributed by atoms with Gasteiger partial charge in [-0.2, -0.15) is 0 Å². The Morgan fingerprint density at radius 2 is 1.84 bits per heavy atom. The summed E-state index contributed by atoms with van der Waals surface area (Å²) >= 11 is 0. The summed E-state index contributed by atoms with van der Waals surface area (Å²) in [6.45, 7) is 11.6. The van der Waals surface area contributed by atoms with Gasteiger partial charge in [0.25, 0.3) is 5.91 Å². The zero-order chi connectivity index (χ0) is 22.6. The van der Waals surface area contributed by atoms with Gasteiger partial charge in [0.05, 0.1) is 6.54 Å². The van der Waals surface area contributed by atoms with Crippen LogP contribution in [0, 0.1) is 5.92 Å². The SMILES string of the molecule is CCNC(=NCC(C(CC)CC)N1CCCC1)NCCc1cccc(C(=O)N(C)C)c1. The Hall–Kier alpha value is -2.08. The van der Waals surface area contributed by atoms with Crippen molar-refractivity contribution in [3.05, 3.63) is 35.4 Å². The Morgan fingerprint density at radius 1 is 1.13 bits per heavy atom. The van der Waals surface area contributed by atoms with Crippen LogP contribution in [0.4, 0.5) is 0 Å². The van der Waals surface area contributed by atoms with Gasteiger partial charge in [0.15, 0.2) is 5.96 Å². The minimum Gasteiger partial charge on any atom is -0.357 e. The first-order valence-electron chi connectivity index (χ1n) is 12.1. The van der Waals surface area contributed by atoms with E-state index in [2.05, 4.69) is 42.4 Å². The van der Waals surface area contributed by atoms with Gasteiger partial charge in [-0.1, -0.05) is 38.8 Å². The second-order valence-electron chi connectivity index (χ2n) is 8.68. The molecular weight excluding hydrogens is 386 g/mol. The van der Waals surface area contributed by atoms with E-state index in [-0.39, 0.29) is 5.91 Å². The number of hydrogen-bond acceptors (Lipinski definition) is 3. The third-order valence-corrected chi connectivity index (χ3v) is 6.27. The Morgan fingerprint density at radius 3 is 2.45 bits per heavy atom. The highest BCUT2D eigenvalue weighted by molar-refractivity contribution is 5.94. The molecule has 0 spiro atoms. The Bertz CT molecular complexity index is 691. The molecule has 1 heterocycles. The lowest BCUT2D eigenvalue weighted by atomic mass is 9.93. The van der Waals surface area contributed by atoms with E-state index in [1.54, 1.807) is 19.0 Å². The van der Waals surface area contributed by atoms with Crippen molar-refractivity contribution in [3.63, 3.8) is 0 Å². The van der Waals surface area contributed by atoms with Crippen LogP contribution in [0.2, 0.25) is 0 Å². The molecule has 1 unspecified atom stereocenters. The average molecular weight is 430 g/mol. The van der Waals surface area contributed by atoms with E-state index in [1.807, 2.05) is 18.2 Å². The summed E-state index contributed by atoms with van der Waals surface area (Å²) in [5, 5.41) is 6.88. The van der Waals surface area contributed by atoms with Crippen molar-refractivity contribution in [2.24, 2.45) is 10.9 Å². The Kier molecular flexibility index (Phi) is 10.9. The Labute approximate surface area is 189 Å². The quantitative estimate of drug-likeness (QED) is 0.418. The number of guanidine groups is 1. The minimum absolute atomic E-state index is 0.0408. The number of likely N-dealkylation sites (tertiary alicyclic amines) is 1. The average Bonchev–Trinajstić information content (AvgIpc) is 3.30. The zero-order valence-electron chi connectivity index (χ0n) is 20.3. The van der Waals surface area contributed by atoms with Gasteiger partial charge < -0.3 is 15.5 Å². The van der Waals surface area contributed by atoms with E-state index in [4.69, 9.17) is 4.99 Å². The topological polar surface area (TPSA) is 60.0 Å². The van der Waals surface area contributed by atoms with E-state index in [9.17, 15) is 4.79 Å². The summed E-state index contributed by atoms with van der Waals surface area (Å²) in [5.41, 5.74) is 1.89. The number of hydrogen-bond donors (Lipinski definition) is 2. The molecule has 2 rings (SSSR count). The fourth-order valence-corrected chi connectivity index (χ4v) is 4.44. The molecule has 2 N–H and O–H groups in total. The standard InChI is InChI=1S/C25H43N5O/c1-6-21(7-2)23(30-16-9-10-17-30)19-28-25(26-8-3)27-15-14-20-12-11-13-22(18-20)24(31)29(4)5/h11-13,18,21,23H,6-10,14-17,19H2,1-5H3,(H2,26,27,28). The lowest BCUT2D eigenvalue weighted by Crippen LogP contribution is -2.43. The lowest BCUT2D eigenvalue weighted by Gasteiger charge is -2.32. The molecule has 174 valence electrons. The molecule has 0 bridgehead atoms. The predicted molar refractivity (Wildman–Crippen MR) is 131 cm³/mol. The van der Waals surface area contributed by atoms with Gasteiger partial charge in [0.1, 0.15) is 0 Å². The summed E-state index contributed by atoms with van der Waals surface area (Å²) in [7, 11) is 3.57. The molecule has 1 aromatic rings. The first-order valence-corrected chi connectivity index (χ1v) is 12.1. The fourth-order valence-electron chi connectivity index (χ4n) is 4.44. The van der Waals surface area contributed by atoms with E-state index in [1.165, 1.54) is 38.8 Å². The predicted octanol–water partition coefficient (Wildman–Crippen LogP) is 3.39. The summed E-state index contributed by atoms with van der Waals surface area (Å²) < 4.78 is 0. The fraction of sp³-hybridized carbons (Fsp3) is 0.680. The second-order valence-corrected chi connectivity index (χ2v) is 8.68. The van der Waals surface area contributed by atoms with Gasteiger partial charge in [-0.15, -0.1) is 0 Å². The molecule has 6 nitrogen and oxygen atoms in total. The van der Waals surface area contributed by atoms with Crippen LogP contribution in [-0.2, 0) is 6.42 Å². The highest BCUT2D eigenvalue weighted by Crippen LogP contribution is 2.23. The third-order valence-electron chi connectivity index (χ3n) is 6.27. The maximum absolute atomic E-state index is 12.2. The van der Waals surface area contributed by atoms with Gasteiger partial charge in [-0.05, 0) is 62.9 Å². The largest absolute Gasteiger partial charge is 0.357 e. The highest BCUT2D eigenvalue weighted by Gasteiger charge is 2.27. The smallest absolute Gasteiger partial charge is 0.253 e. The molecule has 0 radical (unpaired) electrons. The first-order chi connectivity index (χ1) is 15.0. The summed E-state index contributed by atoms with van der Waals surface area (Å²) in [4.78, 5) is 21.4. The molecule has 1 atom stereocenters. The van der Waals surface area contributed by atoms with E-state index in [0.717, 1.165) is 43.1 Å². The molecule has 1 fully saturated rings. The monoisotopic (exact) mass is 429 g/mol. The minimum atomic E-state index is 0.0408. The van der Waals surface area contributed by atoms with Crippen molar-refractivity contribution < 1.29 is 4.79 Å². The van der Waals surface area contributed by atoms with Crippen LogP contribution in [0.15, 0.2) is 29.3 Å². The molecule has 0 aromatic heterocycles. The van der Waals surface area contributed by atoms with Crippen LogP contribution in [-0.4, -0.2) is 74.5 Å². The van der Waals surface area contributed by atoms with E-state index < -0.39 is 0 Å². The van der Waals surface area contributed by atoms with Crippen molar-refractivity contribution in [3.8, 4) is 0 Å². The van der Waals surface area contributed by atoms with Crippen molar-refractivity contribution in [2.45, 2.75) is 58.9 Å². The molecule has 1 aliphatic heterocycles. The number of nitrogens with zero attached hydrogens (tertiary/aromatic N) is 3. The van der Waals surface area contributed by atoms with Gasteiger partial charge >= 0.3 is 0 Å². The highest BCUT2D eigenvalue weighted by atomic mass is 16.2. The zero-order valence-corrected chi connectivity index (χ0v) is 20.3. The molecule has 6 heteroatoms. The number of nitrogens with one attached hydrogen (secondary N) is 2. The number of rotatable bonds is 11. The van der Waals surface area contributed by atoms with E-state index in [0.29, 0.717) is 12.0 Å². The van der Waals surface area contributed by atoms with Crippen molar-refractivity contribution in [1.82, 2.24) is 20.4 Å². The lowest BCUT2D eigenvalue weighted by molar-refractivity contribution is 0.0827. The molecule has 1 saturated heterocycles. The normalized spacial score (nSPS) is 15.9. The van der Waals surface area contributed by atoms with Gasteiger partial charge in [0, 0.05) is 38.8 Å².